The van der Waals surface area contributed by atoms with Crippen molar-refractivity contribution in [3.05, 3.63) is 23.9 Å². The Kier molecular flexibility index (Phi) is 8.20. The summed E-state index contributed by atoms with van der Waals surface area (Å²) in [5, 5.41) is 7.58. The molecule has 1 aliphatic rings. The molecule has 3 rings (SSSR count). The first-order valence-electron chi connectivity index (χ1n) is 11.2. The summed E-state index contributed by atoms with van der Waals surface area (Å²) in [6.45, 7) is 10.6. The van der Waals surface area contributed by atoms with Crippen molar-refractivity contribution < 1.29 is 17.9 Å². The number of hydrogen-bond donors (Lipinski definition) is 1. The van der Waals surface area contributed by atoms with Gasteiger partial charge in [-0.25, -0.2) is 18.4 Å². The van der Waals surface area contributed by atoms with Gasteiger partial charge in [0.25, 0.3) is 0 Å². The number of hydrogen-bond acceptors (Lipinski definition) is 9. The van der Waals surface area contributed by atoms with Crippen LogP contribution in [0.2, 0.25) is 0 Å². The molecule has 0 spiro atoms. The molecule has 12 nitrogen and oxygen atoms in total. The van der Waals surface area contributed by atoms with Crippen LogP contribution in [0.15, 0.2) is 28.1 Å². The van der Waals surface area contributed by atoms with Crippen LogP contribution < -0.4 is 14.2 Å². The van der Waals surface area contributed by atoms with Crippen molar-refractivity contribution in [2.24, 2.45) is 15.9 Å². The number of anilines is 1. The molecule has 35 heavy (non-hydrogen) atoms. The van der Waals surface area contributed by atoms with Gasteiger partial charge >= 0.3 is 0 Å². The molecule has 0 aromatic carbocycles. The van der Waals surface area contributed by atoms with Crippen LogP contribution in [-0.4, -0.2) is 65.2 Å². The van der Waals surface area contributed by atoms with Gasteiger partial charge in [-0.05, 0) is 40.3 Å². The first kappa shape index (κ1) is 26.3. The summed E-state index contributed by atoms with van der Waals surface area (Å²) in [5.74, 6) is 0.857. The molecule has 13 heteroatoms. The third-order valence-corrected chi connectivity index (χ3v) is 7.83. The monoisotopic (exact) mass is 504 g/mol. The topological polar surface area (TPSA) is 146 Å². The van der Waals surface area contributed by atoms with Crippen molar-refractivity contribution in [1.29, 1.82) is 0 Å². The molecule has 2 atom stereocenters. The Morgan fingerprint density at radius 3 is 2.31 bits per heavy atom. The molecule has 2 heterocycles. The lowest BCUT2D eigenvalue weighted by atomic mass is 9.85. The minimum atomic E-state index is -3.96. The number of nitrogens with zero attached hydrogens (tertiary/aromatic N) is 7. The first-order chi connectivity index (χ1) is 16.6. The fourth-order valence-corrected chi connectivity index (χ4v) is 4.78. The van der Waals surface area contributed by atoms with Gasteiger partial charge in [-0.1, -0.05) is 18.9 Å². The number of aromatic nitrogens is 5. The van der Waals surface area contributed by atoms with E-state index in [1.165, 1.54) is 20.5 Å². The number of aliphatic imine (C=N–C) groups is 2. The molecule has 0 bridgehead atoms. The van der Waals surface area contributed by atoms with Gasteiger partial charge in [0.05, 0.1) is 19.5 Å². The fourth-order valence-electron chi connectivity index (χ4n) is 3.55. The lowest BCUT2D eigenvalue weighted by Gasteiger charge is -2.26. The molecule has 1 aliphatic carbocycles. The Morgan fingerprint density at radius 1 is 1.20 bits per heavy atom. The third kappa shape index (κ3) is 5.50. The molecule has 0 unspecified atom stereocenters. The molecule has 1 N–H and O–H groups in total. The maximum atomic E-state index is 13.4. The molecular weight excluding hydrogens is 472 g/mol. The molecule has 190 valence electrons. The molecule has 2 aromatic rings. The van der Waals surface area contributed by atoms with Crippen LogP contribution in [0.1, 0.15) is 58.7 Å². The first-order valence-corrected chi connectivity index (χ1v) is 12.8. The second-order valence-corrected chi connectivity index (χ2v) is 10.6. The van der Waals surface area contributed by atoms with Crippen LogP contribution >= 0.6 is 0 Å². The highest BCUT2D eigenvalue weighted by Gasteiger charge is 2.35. The molecule has 0 amide bonds. The highest BCUT2D eigenvalue weighted by molar-refractivity contribution is 7.93. The van der Waals surface area contributed by atoms with Gasteiger partial charge in [-0.15, -0.1) is 10.2 Å². The van der Waals surface area contributed by atoms with Gasteiger partial charge in [0.2, 0.25) is 27.7 Å². The average Bonchev–Trinajstić information content (AvgIpc) is 3.18. The molecule has 1 fully saturated rings. The van der Waals surface area contributed by atoms with Gasteiger partial charge in [0, 0.05) is 18.0 Å². The summed E-state index contributed by atoms with van der Waals surface area (Å²) >= 11 is 0. The van der Waals surface area contributed by atoms with Crippen LogP contribution in [0, 0.1) is 5.92 Å². The lowest BCUT2D eigenvalue weighted by Crippen LogP contribution is -2.35. The Balaban J connectivity index is 2.06. The summed E-state index contributed by atoms with van der Waals surface area (Å²) in [5.41, 5.74) is 1.28. The Hall–Kier alpha value is -3.35. The van der Waals surface area contributed by atoms with E-state index in [-0.39, 0.29) is 23.6 Å². The lowest BCUT2D eigenvalue weighted by molar-refractivity contribution is 0.362. The minimum Gasteiger partial charge on any atom is -0.479 e. The number of allylic oxidation sites excluding steroid dienone is 1. The van der Waals surface area contributed by atoms with Crippen LogP contribution in [0.4, 0.5) is 5.95 Å². The third-order valence-electron chi connectivity index (χ3n) is 5.98. The van der Waals surface area contributed by atoms with Crippen molar-refractivity contribution >= 4 is 28.5 Å². The van der Waals surface area contributed by atoms with Crippen molar-refractivity contribution in [3.8, 4) is 17.4 Å². The molecule has 0 radical (unpaired) electrons. The van der Waals surface area contributed by atoms with E-state index in [4.69, 9.17) is 9.47 Å². The second-order valence-electron chi connectivity index (χ2n) is 8.58. The van der Waals surface area contributed by atoms with E-state index in [1.54, 1.807) is 24.6 Å². The van der Waals surface area contributed by atoms with Crippen LogP contribution in [-0.2, 0) is 10.0 Å². The number of rotatable bonds is 10. The van der Waals surface area contributed by atoms with E-state index in [1.807, 2.05) is 13.8 Å². The summed E-state index contributed by atoms with van der Waals surface area (Å²) in [7, 11) is -1.04. The summed E-state index contributed by atoms with van der Waals surface area (Å²) < 4.78 is 41.9. The van der Waals surface area contributed by atoms with Gasteiger partial charge in [0.15, 0.2) is 5.69 Å². The zero-order valence-electron chi connectivity index (χ0n) is 20.9. The predicted molar refractivity (Wildman–Crippen MR) is 134 cm³/mol. The SMILES string of the molecule is C=NC(=NC=C(C)C)[C@@H](C)[C@H](C)S(=O)(=O)Nc1nnc(C2CCC2)n1-c1c(OC)ncnc1OC. The van der Waals surface area contributed by atoms with Crippen LogP contribution in [0.25, 0.3) is 5.69 Å². The number of sulfonamides is 1. The van der Waals surface area contributed by atoms with E-state index in [9.17, 15) is 8.42 Å². The van der Waals surface area contributed by atoms with E-state index in [0.717, 1.165) is 24.8 Å². The largest absolute Gasteiger partial charge is 0.479 e. The molecule has 0 saturated heterocycles. The van der Waals surface area contributed by atoms with Crippen molar-refractivity contribution in [2.75, 3.05) is 18.9 Å². The maximum absolute atomic E-state index is 13.4. The molecule has 1 saturated carbocycles. The summed E-state index contributed by atoms with van der Waals surface area (Å²) in [6, 6.07) is 0. The molecular formula is C22H32N8O4S. The predicted octanol–water partition coefficient (Wildman–Crippen LogP) is 3.13. The van der Waals surface area contributed by atoms with Gasteiger partial charge in [0.1, 0.15) is 18.0 Å². The van der Waals surface area contributed by atoms with E-state index in [0.29, 0.717) is 17.3 Å². The van der Waals surface area contributed by atoms with E-state index in [2.05, 4.69) is 41.6 Å². The minimum absolute atomic E-state index is 0.00769. The standard InChI is InChI=1S/C22H32N8O4S/c1-13(2)11-24-18(23-5)14(3)15(4)35(31,32)29-22-28-27-19(16-9-8-10-16)30(22)17-20(33-6)25-12-26-21(17)34-7/h11-12,14-16H,5,8-10H2,1-4,6-7H3,(H,28,29)/t14-,15-/m0/s1. The highest BCUT2D eigenvalue weighted by Crippen LogP contribution is 2.40. The average molecular weight is 505 g/mol. The number of ether oxygens (including phenoxy) is 2. The number of amidine groups is 1. The molecule has 0 aliphatic heterocycles. The Bertz CT molecular complexity index is 1210. The van der Waals surface area contributed by atoms with Crippen LogP contribution in [0.5, 0.6) is 11.8 Å². The number of methoxy groups -OCH3 is 2. The van der Waals surface area contributed by atoms with Crippen molar-refractivity contribution in [1.82, 2.24) is 24.7 Å². The quantitative estimate of drug-likeness (QED) is 0.383. The maximum Gasteiger partial charge on any atom is 0.245 e. The molecule has 2 aromatic heterocycles. The zero-order chi connectivity index (χ0) is 25.8. The highest BCUT2D eigenvalue weighted by atomic mass is 32.2. The van der Waals surface area contributed by atoms with Gasteiger partial charge in [-0.3, -0.25) is 9.29 Å². The van der Waals surface area contributed by atoms with Gasteiger partial charge in [-0.2, -0.15) is 9.97 Å². The van der Waals surface area contributed by atoms with Crippen molar-refractivity contribution in [2.45, 2.75) is 58.1 Å². The summed E-state index contributed by atoms with van der Waals surface area (Å²) in [6.07, 6.45) is 5.80. The van der Waals surface area contributed by atoms with E-state index >= 15 is 0 Å². The number of nitrogens with one attached hydrogen (secondary N) is 1. The Morgan fingerprint density at radius 2 is 1.83 bits per heavy atom. The summed E-state index contributed by atoms with van der Waals surface area (Å²) in [4.78, 5) is 16.6. The van der Waals surface area contributed by atoms with Crippen LogP contribution in [0.3, 0.4) is 0 Å². The van der Waals surface area contributed by atoms with E-state index < -0.39 is 21.2 Å². The fraction of sp³-hybridized carbons (Fsp3) is 0.545. The smallest absolute Gasteiger partial charge is 0.245 e. The van der Waals surface area contributed by atoms with Gasteiger partial charge < -0.3 is 9.47 Å². The zero-order valence-corrected chi connectivity index (χ0v) is 21.7. The van der Waals surface area contributed by atoms with Crippen molar-refractivity contribution in [3.63, 3.8) is 0 Å². The Labute approximate surface area is 205 Å². The second kappa shape index (κ2) is 10.9. The normalized spacial score (nSPS) is 16.1.